The van der Waals surface area contributed by atoms with Gasteiger partial charge in [-0.05, 0) is 56.5 Å². The lowest BCUT2D eigenvalue weighted by molar-refractivity contribution is -0.287. The molecule has 1 heterocycles. The summed E-state index contributed by atoms with van der Waals surface area (Å²) >= 11 is 0. The van der Waals surface area contributed by atoms with E-state index in [0.29, 0.717) is 43.7 Å². The molecule has 2 aliphatic rings. The quantitative estimate of drug-likeness (QED) is 0.789. The molecular weight excluding hydrogens is 281 g/mol. The molecule has 0 bridgehead atoms. The van der Waals surface area contributed by atoms with Crippen LogP contribution in [0.5, 0.6) is 0 Å². The number of nitrogens with zero attached hydrogens (tertiary/aromatic N) is 1. The van der Waals surface area contributed by atoms with Crippen molar-refractivity contribution < 1.29 is 27.1 Å². The average Bonchev–Trinajstić information content (AvgIpc) is 3.08. The van der Waals surface area contributed by atoms with Crippen LogP contribution in [0, 0.1) is 17.8 Å². The Morgan fingerprint density at radius 3 is 2.15 bits per heavy atom. The number of alkyl halides is 5. The molecule has 1 aliphatic heterocycles. The third-order valence-electron chi connectivity index (χ3n) is 4.55. The fourth-order valence-corrected chi connectivity index (χ4v) is 3.26. The van der Waals surface area contributed by atoms with Gasteiger partial charge in [0.1, 0.15) is 0 Å². The van der Waals surface area contributed by atoms with Gasteiger partial charge < -0.3 is 5.11 Å². The standard InChI is InChI=1S/C13H20F5NO/c14-12(15,13(16,17)18)8-19-4-1-9(2-5-19)11-7-10(11)3-6-20/h9-11,20H,1-8H2/t10-,11-/m1/s1. The number of halogens is 5. The largest absolute Gasteiger partial charge is 0.454 e. The van der Waals surface area contributed by atoms with Gasteiger partial charge in [-0.1, -0.05) is 0 Å². The lowest BCUT2D eigenvalue weighted by atomic mass is 9.90. The van der Waals surface area contributed by atoms with Gasteiger partial charge in [0.25, 0.3) is 0 Å². The van der Waals surface area contributed by atoms with Crippen molar-refractivity contribution >= 4 is 0 Å². The van der Waals surface area contributed by atoms with E-state index in [1.807, 2.05) is 0 Å². The normalized spacial score (nSPS) is 29.7. The number of likely N-dealkylation sites (tertiary alicyclic amines) is 1. The van der Waals surface area contributed by atoms with E-state index in [4.69, 9.17) is 5.11 Å². The molecule has 118 valence electrons. The minimum atomic E-state index is -5.47. The van der Waals surface area contributed by atoms with Crippen molar-refractivity contribution in [3.05, 3.63) is 0 Å². The molecule has 2 rings (SSSR count). The van der Waals surface area contributed by atoms with E-state index in [-0.39, 0.29) is 6.61 Å². The summed E-state index contributed by atoms with van der Waals surface area (Å²) in [5.74, 6) is -3.15. The maximum absolute atomic E-state index is 13.0. The van der Waals surface area contributed by atoms with Crippen LogP contribution in [0.3, 0.4) is 0 Å². The number of aliphatic hydroxyl groups excluding tert-OH is 1. The van der Waals surface area contributed by atoms with Gasteiger partial charge in [0.05, 0.1) is 6.54 Å². The highest BCUT2D eigenvalue weighted by molar-refractivity contribution is 4.93. The fraction of sp³-hybridized carbons (Fsp3) is 1.00. The minimum Gasteiger partial charge on any atom is -0.396 e. The third-order valence-corrected chi connectivity index (χ3v) is 4.55. The van der Waals surface area contributed by atoms with Crippen molar-refractivity contribution in [2.24, 2.45) is 17.8 Å². The molecule has 0 unspecified atom stereocenters. The van der Waals surface area contributed by atoms with E-state index >= 15 is 0 Å². The van der Waals surface area contributed by atoms with Crippen molar-refractivity contribution in [1.29, 1.82) is 0 Å². The Kier molecular flexibility index (Phi) is 4.59. The lowest BCUT2D eigenvalue weighted by Crippen LogP contribution is -2.49. The van der Waals surface area contributed by atoms with E-state index in [0.717, 1.165) is 12.8 Å². The summed E-state index contributed by atoms with van der Waals surface area (Å²) < 4.78 is 62.3. The van der Waals surface area contributed by atoms with Crippen molar-refractivity contribution in [2.75, 3.05) is 26.2 Å². The van der Waals surface area contributed by atoms with Crippen LogP contribution in [0.1, 0.15) is 25.7 Å². The van der Waals surface area contributed by atoms with E-state index in [1.54, 1.807) is 0 Å². The zero-order valence-electron chi connectivity index (χ0n) is 11.2. The Balaban J connectivity index is 1.75. The summed E-state index contributed by atoms with van der Waals surface area (Å²) in [5, 5.41) is 8.84. The predicted octanol–water partition coefficient (Wildman–Crippen LogP) is 2.91. The molecule has 20 heavy (non-hydrogen) atoms. The van der Waals surface area contributed by atoms with E-state index in [2.05, 4.69) is 0 Å². The molecular formula is C13H20F5NO. The molecule has 2 nitrogen and oxygen atoms in total. The number of hydrogen-bond donors (Lipinski definition) is 1. The molecule has 0 spiro atoms. The Morgan fingerprint density at radius 2 is 1.65 bits per heavy atom. The average molecular weight is 301 g/mol. The molecule has 7 heteroatoms. The van der Waals surface area contributed by atoms with Gasteiger partial charge in [0.2, 0.25) is 0 Å². The van der Waals surface area contributed by atoms with Crippen LogP contribution in [0.2, 0.25) is 0 Å². The maximum atomic E-state index is 13.0. The smallest absolute Gasteiger partial charge is 0.396 e. The zero-order chi connectivity index (χ0) is 15.0. The first-order valence-electron chi connectivity index (χ1n) is 7.02. The lowest BCUT2D eigenvalue weighted by Gasteiger charge is -2.34. The third kappa shape index (κ3) is 3.61. The van der Waals surface area contributed by atoms with Crippen LogP contribution in [0.4, 0.5) is 22.0 Å². The second-order valence-corrected chi connectivity index (χ2v) is 5.99. The predicted molar refractivity (Wildman–Crippen MR) is 63.5 cm³/mol. The first-order chi connectivity index (χ1) is 9.24. The molecule has 1 N–H and O–H groups in total. The highest BCUT2D eigenvalue weighted by Crippen LogP contribution is 2.49. The zero-order valence-corrected chi connectivity index (χ0v) is 11.2. The molecule has 1 saturated heterocycles. The van der Waals surface area contributed by atoms with Crippen molar-refractivity contribution in [1.82, 2.24) is 4.90 Å². The number of piperidine rings is 1. The van der Waals surface area contributed by atoms with Gasteiger partial charge in [0.15, 0.2) is 0 Å². The van der Waals surface area contributed by atoms with Crippen LogP contribution in [-0.2, 0) is 0 Å². The van der Waals surface area contributed by atoms with Gasteiger partial charge in [-0.2, -0.15) is 22.0 Å². The van der Waals surface area contributed by atoms with Crippen molar-refractivity contribution in [2.45, 2.75) is 37.8 Å². The van der Waals surface area contributed by atoms with Crippen LogP contribution in [-0.4, -0.2) is 48.3 Å². The summed E-state index contributed by atoms with van der Waals surface area (Å²) in [6.07, 6.45) is -2.27. The summed E-state index contributed by atoms with van der Waals surface area (Å²) in [7, 11) is 0. The minimum absolute atomic E-state index is 0.165. The van der Waals surface area contributed by atoms with Crippen LogP contribution >= 0.6 is 0 Å². The van der Waals surface area contributed by atoms with Gasteiger partial charge >= 0.3 is 12.1 Å². The molecule has 1 saturated carbocycles. The number of rotatable bonds is 5. The van der Waals surface area contributed by atoms with Crippen molar-refractivity contribution in [3.8, 4) is 0 Å². The molecule has 0 amide bonds. The van der Waals surface area contributed by atoms with Gasteiger partial charge in [-0.25, -0.2) is 0 Å². The van der Waals surface area contributed by atoms with Crippen molar-refractivity contribution in [3.63, 3.8) is 0 Å². The molecule has 0 radical (unpaired) electrons. The molecule has 0 aromatic rings. The van der Waals surface area contributed by atoms with Gasteiger partial charge in [0, 0.05) is 6.61 Å². The monoisotopic (exact) mass is 301 g/mol. The summed E-state index contributed by atoms with van der Waals surface area (Å²) in [4.78, 5) is 1.22. The Hall–Kier alpha value is -0.430. The highest BCUT2D eigenvalue weighted by Gasteiger charge is 2.58. The van der Waals surface area contributed by atoms with Crippen LogP contribution in [0.15, 0.2) is 0 Å². The first kappa shape index (κ1) is 15.9. The molecule has 0 aromatic carbocycles. The van der Waals surface area contributed by atoms with E-state index < -0.39 is 18.6 Å². The SMILES string of the molecule is OCC[C@@H]1C[C@@H]1C1CCN(CC(F)(F)C(F)(F)F)CC1. The number of aliphatic hydroxyl groups is 1. The summed E-state index contributed by atoms with van der Waals surface area (Å²) in [6, 6.07) is 0. The Morgan fingerprint density at radius 1 is 1.05 bits per heavy atom. The Labute approximate surface area is 114 Å². The molecule has 0 aromatic heterocycles. The molecule has 1 aliphatic carbocycles. The molecule has 2 fully saturated rings. The summed E-state index contributed by atoms with van der Waals surface area (Å²) in [5.41, 5.74) is 0. The second-order valence-electron chi connectivity index (χ2n) is 5.99. The fourth-order valence-electron chi connectivity index (χ4n) is 3.26. The highest BCUT2D eigenvalue weighted by atomic mass is 19.4. The van der Waals surface area contributed by atoms with Gasteiger partial charge in [-0.3, -0.25) is 4.90 Å². The maximum Gasteiger partial charge on any atom is 0.454 e. The van der Waals surface area contributed by atoms with E-state index in [1.165, 1.54) is 4.90 Å². The van der Waals surface area contributed by atoms with Gasteiger partial charge in [-0.15, -0.1) is 0 Å². The number of hydrogen-bond acceptors (Lipinski definition) is 2. The molecule has 2 atom stereocenters. The Bertz CT molecular complexity index is 325. The summed E-state index contributed by atoms with van der Waals surface area (Å²) in [6.45, 7) is -0.455. The second kappa shape index (κ2) is 5.75. The topological polar surface area (TPSA) is 23.5 Å². The van der Waals surface area contributed by atoms with E-state index in [9.17, 15) is 22.0 Å². The van der Waals surface area contributed by atoms with Crippen LogP contribution in [0.25, 0.3) is 0 Å². The van der Waals surface area contributed by atoms with Crippen LogP contribution < -0.4 is 0 Å². The first-order valence-corrected chi connectivity index (χ1v) is 7.02.